The summed E-state index contributed by atoms with van der Waals surface area (Å²) in [6, 6.07) is 7.75. The topological polar surface area (TPSA) is 32.3 Å². The van der Waals surface area contributed by atoms with Crippen LogP contribution in [0.2, 0.25) is 0 Å². The lowest BCUT2D eigenvalue weighted by Gasteiger charge is -2.34. The Morgan fingerprint density at radius 3 is 2.57 bits per heavy atom. The normalized spacial score (nSPS) is 14.3. The van der Waals surface area contributed by atoms with Gasteiger partial charge in [-0.2, -0.15) is 0 Å². The van der Waals surface area contributed by atoms with E-state index in [-0.39, 0.29) is 0 Å². The standard InChI is InChI=1S/C19H33NO/c1-5-7-11-19(6-2,15-20-14-16(3)4)13-17-9-8-10-18(21)12-17/h8-10,12,16,20-21H,5-7,11,13-15H2,1-4H3. The summed E-state index contributed by atoms with van der Waals surface area (Å²) in [6.07, 6.45) is 5.99. The van der Waals surface area contributed by atoms with Gasteiger partial charge in [0, 0.05) is 6.54 Å². The van der Waals surface area contributed by atoms with Crippen molar-refractivity contribution in [2.45, 2.75) is 59.8 Å². The quantitative estimate of drug-likeness (QED) is 0.651. The first-order chi connectivity index (χ1) is 10.0. The highest BCUT2D eigenvalue weighted by Crippen LogP contribution is 2.33. The van der Waals surface area contributed by atoms with Crippen LogP contribution in [0.15, 0.2) is 24.3 Å². The predicted octanol–water partition coefficient (Wildman–Crippen LogP) is 4.77. The molecule has 2 nitrogen and oxygen atoms in total. The maximum Gasteiger partial charge on any atom is 0.115 e. The predicted molar refractivity (Wildman–Crippen MR) is 91.8 cm³/mol. The van der Waals surface area contributed by atoms with Crippen LogP contribution < -0.4 is 5.32 Å². The SMILES string of the molecule is CCCCC(CC)(CNCC(C)C)Cc1cccc(O)c1. The molecule has 0 bridgehead atoms. The van der Waals surface area contributed by atoms with Gasteiger partial charge in [0.2, 0.25) is 0 Å². The number of phenols is 1. The zero-order valence-corrected chi connectivity index (χ0v) is 14.3. The molecule has 0 aromatic heterocycles. The summed E-state index contributed by atoms with van der Waals surface area (Å²) in [5, 5.41) is 13.3. The molecule has 2 N–H and O–H groups in total. The van der Waals surface area contributed by atoms with Gasteiger partial charge in [-0.05, 0) is 54.8 Å². The molecule has 0 aliphatic heterocycles. The number of unbranched alkanes of at least 4 members (excludes halogenated alkanes) is 1. The minimum absolute atomic E-state index is 0.304. The maximum absolute atomic E-state index is 9.69. The van der Waals surface area contributed by atoms with Crippen LogP contribution in [0.4, 0.5) is 0 Å². The Kier molecular flexibility index (Phi) is 7.81. The molecular weight excluding hydrogens is 258 g/mol. The van der Waals surface area contributed by atoms with Crippen molar-refractivity contribution in [1.82, 2.24) is 5.32 Å². The van der Waals surface area contributed by atoms with Crippen molar-refractivity contribution >= 4 is 0 Å². The van der Waals surface area contributed by atoms with E-state index in [9.17, 15) is 5.11 Å². The first-order valence-corrected chi connectivity index (χ1v) is 8.50. The maximum atomic E-state index is 9.69. The van der Waals surface area contributed by atoms with Crippen LogP contribution in [0.3, 0.4) is 0 Å². The molecular formula is C19H33NO. The average Bonchev–Trinajstić information content (AvgIpc) is 2.44. The molecule has 1 rings (SSSR count). The molecule has 1 aromatic rings. The van der Waals surface area contributed by atoms with Crippen molar-refractivity contribution < 1.29 is 5.11 Å². The van der Waals surface area contributed by atoms with E-state index in [1.54, 1.807) is 6.07 Å². The molecule has 120 valence electrons. The van der Waals surface area contributed by atoms with Gasteiger partial charge in [-0.15, -0.1) is 0 Å². The summed E-state index contributed by atoms with van der Waals surface area (Å²) in [5.74, 6) is 1.06. The molecule has 2 heteroatoms. The second-order valence-corrected chi connectivity index (χ2v) is 6.83. The minimum Gasteiger partial charge on any atom is -0.508 e. The van der Waals surface area contributed by atoms with E-state index < -0.39 is 0 Å². The second-order valence-electron chi connectivity index (χ2n) is 6.83. The molecule has 0 heterocycles. The van der Waals surface area contributed by atoms with Crippen molar-refractivity contribution in [3.63, 3.8) is 0 Å². The lowest BCUT2D eigenvalue weighted by atomic mass is 9.75. The molecule has 1 atom stereocenters. The number of rotatable bonds is 10. The van der Waals surface area contributed by atoms with Crippen LogP contribution in [0.25, 0.3) is 0 Å². The van der Waals surface area contributed by atoms with E-state index >= 15 is 0 Å². The smallest absolute Gasteiger partial charge is 0.115 e. The number of nitrogens with one attached hydrogen (secondary N) is 1. The van der Waals surface area contributed by atoms with Gasteiger partial charge in [0.1, 0.15) is 5.75 Å². The van der Waals surface area contributed by atoms with E-state index in [1.807, 2.05) is 12.1 Å². The Bertz CT molecular complexity index is 402. The summed E-state index contributed by atoms with van der Waals surface area (Å²) in [7, 11) is 0. The molecule has 0 radical (unpaired) electrons. The molecule has 0 aliphatic rings. The summed E-state index contributed by atoms with van der Waals surface area (Å²) >= 11 is 0. The fourth-order valence-electron chi connectivity index (χ4n) is 2.94. The van der Waals surface area contributed by atoms with E-state index in [2.05, 4.69) is 39.1 Å². The highest BCUT2D eigenvalue weighted by atomic mass is 16.3. The Hall–Kier alpha value is -1.02. The zero-order valence-electron chi connectivity index (χ0n) is 14.3. The monoisotopic (exact) mass is 291 g/mol. The lowest BCUT2D eigenvalue weighted by molar-refractivity contribution is 0.226. The van der Waals surface area contributed by atoms with Gasteiger partial charge in [0.15, 0.2) is 0 Å². The molecule has 1 aromatic carbocycles. The Labute approximate surface area is 131 Å². The van der Waals surface area contributed by atoms with Crippen molar-refractivity contribution in [2.75, 3.05) is 13.1 Å². The average molecular weight is 291 g/mol. The Morgan fingerprint density at radius 1 is 1.24 bits per heavy atom. The van der Waals surface area contributed by atoms with Gasteiger partial charge in [-0.1, -0.05) is 52.7 Å². The van der Waals surface area contributed by atoms with E-state index in [0.29, 0.717) is 17.1 Å². The molecule has 0 fully saturated rings. The summed E-state index contributed by atoms with van der Waals surface area (Å²) < 4.78 is 0. The number of aromatic hydroxyl groups is 1. The van der Waals surface area contributed by atoms with Crippen molar-refractivity contribution in [2.24, 2.45) is 11.3 Å². The van der Waals surface area contributed by atoms with Crippen LogP contribution in [0.5, 0.6) is 5.75 Å². The molecule has 1 unspecified atom stereocenters. The molecule has 0 spiro atoms. The summed E-state index contributed by atoms with van der Waals surface area (Å²) in [6.45, 7) is 11.2. The third-order valence-corrected chi connectivity index (χ3v) is 4.35. The van der Waals surface area contributed by atoms with Crippen LogP contribution in [-0.4, -0.2) is 18.2 Å². The first-order valence-electron chi connectivity index (χ1n) is 8.50. The van der Waals surface area contributed by atoms with Crippen LogP contribution in [0, 0.1) is 11.3 Å². The van der Waals surface area contributed by atoms with Crippen molar-refractivity contribution in [3.05, 3.63) is 29.8 Å². The molecule has 0 amide bonds. The van der Waals surface area contributed by atoms with Gasteiger partial charge in [-0.3, -0.25) is 0 Å². The van der Waals surface area contributed by atoms with Crippen molar-refractivity contribution in [1.29, 1.82) is 0 Å². The first kappa shape index (κ1) is 18.0. The minimum atomic E-state index is 0.304. The van der Waals surface area contributed by atoms with Crippen molar-refractivity contribution in [3.8, 4) is 5.75 Å². The van der Waals surface area contributed by atoms with E-state index in [4.69, 9.17) is 0 Å². The summed E-state index contributed by atoms with van der Waals surface area (Å²) in [4.78, 5) is 0. The third-order valence-electron chi connectivity index (χ3n) is 4.35. The molecule has 0 saturated carbocycles. The van der Waals surface area contributed by atoms with E-state index in [0.717, 1.165) is 19.5 Å². The zero-order chi connectivity index (χ0) is 15.7. The largest absolute Gasteiger partial charge is 0.508 e. The number of phenolic OH excluding ortho intramolecular Hbond substituents is 1. The van der Waals surface area contributed by atoms with Gasteiger partial charge >= 0.3 is 0 Å². The number of hydrogen-bond donors (Lipinski definition) is 2. The fourth-order valence-corrected chi connectivity index (χ4v) is 2.94. The molecule has 0 aliphatic carbocycles. The van der Waals surface area contributed by atoms with Gasteiger partial charge in [0.25, 0.3) is 0 Å². The van der Waals surface area contributed by atoms with Gasteiger partial charge < -0.3 is 10.4 Å². The third kappa shape index (κ3) is 6.52. The second kappa shape index (κ2) is 9.09. The highest BCUT2D eigenvalue weighted by molar-refractivity contribution is 5.28. The highest BCUT2D eigenvalue weighted by Gasteiger charge is 2.27. The van der Waals surface area contributed by atoms with Gasteiger partial charge in [-0.25, -0.2) is 0 Å². The van der Waals surface area contributed by atoms with Crippen LogP contribution >= 0.6 is 0 Å². The van der Waals surface area contributed by atoms with Crippen LogP contribution in [0.1, 0.15) is 58.9 Å². The lowest BCUT2D eigenvalue weighted by Crippen LogP contribution is -2.37. The Balaban J connectivity index is 2.78. The molecule has 0 saturated heterocycles. The number of hydrogen-bond acceptors (Lipinski definition) is 2. The van der Waals surface area contributed by atoms with Crippen LogP contribution in [-0.2, 0) is 6.42 Å². The van der Waals surface area contributed by atoms with E-state index in [1.165, 1.54) is 31.2 Å². The summed E-state index contributed by atoms with van der Waals surface area (Å²) in [5.41, 5.74) is 1.55. The van der Waals surface area contributed by atoms with Gasteiger partial charge in [0.05, 0.1) is 0 Å². The number of benzene rings is 1. The fraction of sp³-hybridized carbons (Fsp3) is 0.684. The Morgan fingerprint density at radius 2 is 2.00 bits per heavy atom. The molecule has 21 heavy (non-hydrogen) atoms.